The molecule has 0 aliphatic rings. The van der Waals surface area contributed by atoms with Crippen molar-refractivity contribution in [2.75, 3.05) is 17.2 Å². The zero-order valence-electron chi connectivity index (χ0n) is 17.0. The Labute approximate surface area is 184 Å². The molecule has 0 fully saturated rings. The molecule has 3 N–H and O–H groups in total. The number of alkyl halides is 6. The highest BCUT2D eigenvalue weighted by Gasteiger charge is 2.31. The monoisotopic (exact) mass is 472 g/mol. The van der Waals surface area contributed by atoms with E-state index in [2.05, 4.69) is 25.3 Å². The van der Waals surface area contributed by atoms with Crippen molar-refractivity contribution >= 4 is 17.5 Å². The van der Waals surface area contributed by atoms with Crippen LogP contribution in [0.3, 0.4) is 0 Å². The van der Waals surface area contributed by atoms with Gasteiger partial charge in [0.15, 0.2) is 0 Å². The summed E-state index contributed by atoms with van der Waals surface area (Å²) in [6.07, 6.45) is -9.43. The van der Waals surface area contributed by atoms with Crippen LogP contribution >= 0.6 is 0 Å². The van der Waals surface area contributed by atoms with Gasteiger partial charge in [0, 0.05) is 23.4 Å². The second-order valence-corrected chi connectivity index (χ2v) is 6.97. The van der Waals surface area contributed by atoms with Crippen LogP contribution in [0.4, 0.5) is 43.8 Å². The molecule has 0 aliphatic carbocycles. The third-order valence-corrected chi connectivity index (χ3v) is 4.20. The molecule has 3 rings (SSSR count). The highest BCUT2D eigenvalue weighted by atomic mass is 19.4. The van der Waals surface area contributed by atoms with Crippen molar-refractivity contribution in [3.63, 3.8) is 0 Å². The summed E-state index contributed by atoms with van der Waals surface area (Å²) in [5, 5.41) is 14.8. The van der Waals surface area contributed by atoms with Gasteiger partial charge in [-0.25, -0.2) is 4.98 Å². The largest absolute Gasteiger partial charge is 0.573 e. The van der Waals surface area contributed by atoms with E-state index in [-0.39, 0.29) is 35.3 Å². The number of nitrogens with one attached hydrogen (secondary N) is 2. The molecule has 1 aromatic heterocycles. The van der Waals surface area contributed by atoms with E-state index < -0.39 is 29.9 Å². The first kappa shape index (κ1) is 24.1. The average molecular weight is 472 g/mol. The minimum Gasteiger partial charge on any atom is -0.406 e. The van der Waals surface area contributed by atoms with Crippen LogP contribution in [0.15, 0.2) is 54.6 Å². The number of benzene rings is 2. The van der Waals surface area contributed by atoms with Gasteiger partial charge in [0.05, 0.1) is 17.9 Å². The van der Waals surface area contributed by atoms with E-state index in [9.17, 15) is 31.4 Å². The van der Waals surface area contributed by atoms with Gasteiger partial charge in [-0.1, -0.05) is 18.2 Å². The smallest absolute Gasteiger partial charge is 0.406 e. The molecule has 3 aromatic rings. The van der Waals surface area contributed by atoms with E-state index in [0.717, 1.165) is 24.3 Å². The lowest BCUT2D eigenvalue weighted by molar-refractivity contribution is -0.274. The van der Waals surface area contributed by atoms with Crippen LogP contribution in [0.5, 0.6) is 5.75 Å². The molecular weight excluding hydrogens is 454 g/mol. The molecule has 0 radical (unpaired) electrons. The zero-order valence-corrected chi connectivity index (χ0v) is 17.0. The van der Waals surface area contributed by atoms with Crippen molar-refractivity contribution in [3.05, 3.63) is 60.2 Å². The fraction of sp³-hybridized carbons (Fsp3) is 0.238. The lowest BCUT2D eigenvalue weighted by atomic mass is 10.1. The molecular formula is C21H18F6N4O2. The van der Waals surface area contributed by atoms with E-state index in [4.69, 9.17) is 0 Å². The second-order valence-electron chi connectivity index (χ2n) is 6.97. The quantitative estimate of drug-likeness (QED) is 0.389. The number of aliphatic hydroxyl groups is 1. The lowest BCUT2D eigenvalue weighted by Gasteiger charge is -2.15. The third-order valence-electron chi connectivity index (χ3n) is 4.20. The van der Waals surface area contributed by atoms with Crippen molar-refractivity contribution in [1.29, 1.82) is 0 Å². The third kappa shape index (κ3) is 6.97. The van der Waals surface area contributed by atoms with E-state index >= 15 is 0 Å². The summed E-state index contributed by atoms with van der Waals surface area (Å²) in [6.45, 7) is 1.37. The molecule has 0 bridgehead atoms. The Kier molecular flexibility index (Phi) is 6.96. The Morgan fingerprint density at radius 2 is 1.70 bits per heavy atom. The van der Waals surface area contributed by atoms with Gasteiger partial charge in [0.25, 0.3) is 0 Å². The van der Waals surface area contributed by atoms with Crippen LogP contribution in [-0.2, 0) is 6.18 Å². The molecule has 0 unspecified atom stereocenters. The number of rotatable bonds is 7. The first-order valence-corrected chi connectivity index (χ1v) is 9.50. The van der Waals surface area contributed by atoms with Crippen LogP contribution < -0.4 is 15.4 Å². The summed E-state index contributed by atoms with van der Waals surface area (Å²) in [4.78, 5) is 8.42. The average Bonchev–Trinajstić information content (AvgIpc) is 2.72. The van der Waals surface area contributed by atoms with Crippen LogP contribution in [0, 0.1) is 0 Å². The van der Waals surface area contributed by atoms with Crippen molar-refractivity contribution in [2.24, 2.45) is 0 Å². The molecule has 0 saturated heterocycles. The lowest BCUT2D eigenvalue weighted by Crippen LogP contribution is -2.21. The Bertz CT molecular complexity index is 1100. The fourth-order valence-electron chi connectivity index (χ4n) is 2.76. The van der Waals surface area contributed by atoms with Crippen molar-refractivity contribution < 1.29 is 36.2 Å². The maximum absolute atomic E-state index is 13.0. The van der Waals surface area contributed by atoms with Gasteiger partial charge in [-0.05, 0) is 37.3 Å². The SMILES string of the molecule is C[C@@H](CO)Nc1nc(Nc2cccc(C(F)(F)F)c2)cc(-c2cccc(OC(F)(F)F)c2)n1. The Morgan fingerprint density at radius 1 is 0.970 bits per heavy atom. The second kappa shape index (κ2) is 9.53. The number of hydrogen-bond acceptors (Lipinski definition) is 6. The van der Waals surface area contributed by atoms with Gasteiger partial charge in [0.2, 0.25) is 5.95 Å². The molecule has 176 valence electrons. The highest BCUT2D eigenvalue weighted by molar-refractivity contribution is 5.68. The van der Waals surface area contributed by atoms with Gasteiger partial charge in [-0.15, -0.1) is 13.2 Å². The maximum Gasteiger partial charge on any atom is 0.573 e. The van der Waals surface area contributed by atoms with Crippen LogP contribution in [-0.4, -0.2) is 34.1 Å². The van der Waals surface area contributed by atoms with Gasteiger partial charge in [-0.2, -0.15) is 18.2 Å². The summed E-state index contributed by atoms with van der Waals surface area (Å²) in [6, 6.07) is 10.4. The summed E-state index contributed by atoms with van der Waals surface area (Å²) < 4.78 is 80.7. The molecule has 6 nitrogen and oxygen atoms in total. The van der Waals surface area contributed by atoms with Crippen LogP contribution in [0.25, 0.3) is 11.3 Å². The summed E-state index contributed by atoms with van der Waals surface area (Å²) >= 11 is 0. The first-order valence-electron chi connectivity index (χ1n) is 9.50. The fourth-order valence-corrected chi connectivity index (χ4v) is 2.76. The molecule has 12 heteroatoms. The Balaban J connectivity index is 1.99. The van der Waals surface area contributed by atoms with Crippen molar-refractivity contribution in [2.45, 2.75) is 25.5 Å². The molecule has 33 heavy (non-hydrogen) atoms. The minimum atomic E-state index is -4.89. The number of nitrogens with zero attached hydrogens (tertiary/aromatic N) is 2. The number of aliphatic hydroxyl groups excluding tert-OH is 1. The molecule has 0 amide bonds. The predicted octanol–water partition coefficient (Wildman–Crippen LogP) is 5.60. The summed E-state index contributed by atoms with van der Waals surface area (Å²) in [7, 11) is 0. The summed E-state index contributed by atoms with van der Waals surface area (Å²) in [5.41, 5.74) is -0.374. The molecule has 2 aromatic carbocycles. The van der Waals surface area contributed by atoms with Gasteiger partial charge < -0.3 is 20.5 Å². The van der Waals surface area contributed by atoms with Crippen molar-refractivity contribution in [3.8, 4) is 17.0 Å². The normalized spacial score (nSPS) is 12.8. The van der Waals surface area contributed by atoms with Gasteiger partial charge in [0.1, 0.15) is 11.6 Å². The Hall–Kier alpha value is -3.54. The van der Waals surface area contributed by atoms with E-state index in [1.165, 1.54) is 30.3 Å². The molecule has 1 heterocycles. The van der Waals surface area contributed by atoms with Crippen LogP contribution in [0.2, 0.25) is 0 Å². The summed E-state index contributed by atoms with van der Waals surface area (Å²) in [5.74, 6) is -0.385. The number of aromatic nitrogens is 2. The van der Waals surface area contributed by atoms with E-state index in [1.54, 1.807) is 6.92 Å². The maximum atomic E-state index is 13.0. The number of halogens is 6. The van der Waals surface area contributed by atoms with E-state index in [1.807, 2.05) is 0 Å². The minimum absolute atomic E-state index is 0.00525. The van der Waals surface area contributed by atoms with Gasteiger partial charge >= 0.3 is 12.5 Å². The first-order chi connectivity index (χ1) is 15.4. The van der Waals surface area contributed by atoms with Crippen LogP contribution in [0.1, 0.15) is 12.5 Å². The molecule has 0 spiro atoms. The number of anilines is 3. The van der Waals surface area contributed by atoms with Crippen molar-refractivity contribution in [1.82, 2.24) is 9.97 Å². The van der Waals surface area contributed by atoms with Gasteiger partial charge in [-0.3, -0.25) is 0 Å². The predicted molar refractivity (Wildman–Crippen MR) is 109 cm³/mol. The molecule has 0 aliphatic heterocycles. The highest BCUT2D eigenvalue weighted by Crippen LogP contribution is 2.32. The Morgan fingerprint density at radius 3 is 2.36 bits per heavy atom. The standard InChI is InChI=1S/C21H18F6N4O2/c1-12(11-32)28-19-30-17(13-4-2-7-16(8-13)33-21(25,26)27)10-18(31-19)29-15-6-3-5-14(9-15)20(22,23)24/h2-10,12,32H,11H2,1H3,(H2,28,29,30,31)/t12-/m0/s1. The number of ether oxygens (including phenoxy) is 1. The molecule has 0 saturated carbocycles. The molecule has 1 atom stereocenters. The zero-order chi connectivity index (χ0) is 24.2. The number of hydrogen-bond donors (Lipinski definition) is 3. The topological polar surface area (TPSA) is 79.3 Å². The van der Waals surface area contributed by atoms with E-state index in [0.29, 0.717) is 0 Å².